The Labute approximate surface area is 108 Å². The van der Waals surface area contributed by atoms with Crippen molar-refractivity contribution in [2.24, 2.45) is 5.73 Å². The van der Waals surface area contributed by atoms with Crippen LogP contribution in [0.25, 0.3) is 0 Å². The van der Waals surface area contributed by atoms with E-state index in [4.69, 9.17) is 27.3 Å². The summed E-state index contributed by atoms with van der Waals surface area (Å²) in [5.41, 5.74) is 5.11. The summed E-state index contributed by atoms with van der Waals surface area (Å²) in [6, 6.07) is 5.32. The van der Waals surface area contributed by atoms with E-state index in [0.717, 1.165) is 0 Å². The molecule has 1 atom stereocenters. The number of carbonyl (C=O) groups excluding carboxylic acids is 2. The van der Waals surface area contributed by atoms with Crippen molar-refractivity contribution in [2.45, 2.75) is 13.0 Å². The van der Waals surface area contributed by atoms with Gasteiger partial charge in [0, 0.05) is 6.07 Å². The van der Waals surface area contributed by atoms with Crippen LogP contribution in [-0.2, 0) is 4.79 Å². The first-order chi connectivity index (χ1) is 8.43. The predicted molar refractivity (Wildman–Crippen MR) is 64.0 cm³/mol. The van der Waals surface area contributed by atoms with E-state index in [0.29, 0.717) is 11.3 Å². The lowest BCUT2D eigenvalue weighted by Gasteiger charge is -2.13. The molecule has 0 spiro atoms. The average Bonchev–Trinajstić information content (AvgIpc) is 2.28. The Balaban J connectivity index is 2.74. The van der Waals surface area contributed by atoms with Crippen molar-refractivity contribution in [1.29, 1.82) is 5.26 Å². The molecule has 0 bridgehead atoms. The van der Waals surface area contributed by atoms with Crippen LogP contribution in [0.1, 0.15) is 12.5 Å². The lowest BCUT2D eigenvalue weighted by molar-refractivity contribution is -0.126. The predicted octanol–water partition coefficient (Wildman–Crippen LogP) is 1.17. The number of primary amides is 1. The van der Waals surface area contributed by atoms with E-state index in [1.807, 2.05) is 11.4 Å². The fourth-order valence-electron chi connectivity index (χ4n) is 1.14. The molecule has 18 heavy (non-hydrogen) atoms. The minimum Gasteiger partial charge on any atom is -0.481 e. The summed E-state index contributed by atoms with van der Waals surface area (Å²) < 4.78 is 5.24. The monoisotopic (exact) mass is 267 g/mol. The van der Waals surface area contributed by atoms with Crippen molar-refractivity contribution < 1.29 is 14.3 Å². The lowest BCUT2D eigenvalue weighted by atomic mass is 10.2. The Morgan fingerprint density at radius 1 is 1.56 bits per heavy atom. The Morgan fingerprint density at radius 3 is 2.72 bits per heavy atom. The molecule has 6 nitrogen and oxygen atoms in total. The molecule has 1 aromatic carbocycles. The molecule has 3 amide bonds. The van der Waals surface area contributed by atoms with Crippen molar-refractivity contribution in [2.75, 3.05) is 0 Å². The summed E-state index contributed by atoms with van der Waals surface area (Å²) in [4.78, 5) is 21.8. The maximum Gasteiger partial charge on any atom is 0.318 e. The third-order valence-corrected chi connectivity index (χ3v) is 2.30. The zero-order valence-electron chi connectivity index (χ0n) is 9.44. The topological polar surface area (TPSA) is 105 Å². The first-order valence-electron chi connectivity index (χ1n) is 4.90. The lowest BCUT2D eigenvalue weighted by Crippen LogP contribution is -2.42. The molecule has 0 fully saturated rings. The van der Waals surface area contributed by atoms with Crippen LogP contribution in [0.2, 0.25) is 5.02 Å². The summed E-state index contributed by atoms with van der Waals surface area (Å²) in [6.45, 7) is 1.45. The highest BCUT2D eigenvalue weighted by atomic mass is 35.5. The second-order valence-corrected chi connectivity index (χ2v) is 3.77. The van der Waals surface area contributed by atoms with Crippen molar-refractivity contribution in [1.82, 2.24) is 5.32 Å². The number of nitrogens with zero attached hydrogens (tertiary/aromatic N) is 1. The van der Waals surface area contributed by atoms with Crippen LogP contribution in [0.5, 0.6) is 5.75 Å². The molecule has 1 unspecified atom stereocenters. The maximum atomic E-state index is 11.3. The Bertz CT molecular complexity index is 525. The number of nitrogens with two attached hydrogens (primary N) is 1. The van der Waals surface area contributed by atoms with Gasteiger partial charge in [-0.25, -0.2) is 4.79 Å². The van der Waals surface area contributed by atoms with Crippen LogP contribution in [0.3, 0.4) is 0 Å². The van der Waals surface area contributed by atoms with Gasteiger partial charge in [0.2, 0.25) is 0 Å². The van der Waals surface area contributed by atoms with Gasteiger partial charge in [0.1, 0.15) is 11.8 Å². The molecule has 0 radical (unpaired) electrons. The van der Waals surface area contributed by atoms with E-state index in [9.17, 15) is 9.59 Å². The number of amides is 3. The molecule has 0 aromatic heterocycles. The molecule has 0 heterocycles. The largest absolute Gasteiger partial charge is 0.481 e. The quantitative estimate of drug-likeness (QED) is 0.857. The number of carbonyl (C=O) groups is 2. The highest BCUT2D eigenvalue weighted by Gasteiger charge is 2.16. The van der Waals surface area contributed by atoms with E-state index in [1.54, 1.807) is 0 Å². The zero-order valence-corrected chi connectivity index (χ0v) is 10.2. The number of nitriles is 1. The fraction of sp³-hybridized carbons (Fsp3) is 0.182. The van der Waals surface area contributed by atoms with Gasteiger partial charge in [0.15, 0.2) is 6.10 Å². The smallest absolute Gasteiger partial charge is 0.318 e. The van der Waals surface area contributed by atoms with Gasteiger partial charge in [-0.2, -0.15) is 5.26 Å². The Morgan fingerprint density at radius 2 is 2.22 bits per heavy atom. The van der Waals surface area contributed by atoms with Crippen LogP contribution in [-0.4, -0.2) is 18.0 Å². The number of halogens is 1. The number of ether oxygens (including phenoxy) is 1. The molecule has 0 aliphatic heterocycles. The van der Waals surface area contributed by atoms with Gasteiger partial charge in [-0.3, -0.25) is 10.1 Å². The summed E-state index contributed by atoms with van der Waals surface area (Å²) in [7, 11) is 0. The average molecular weight is 268 g/mol. The second-order valence-electron chi connectivity index (χ2n) is 3.37. The van der Waals surface area contributed by atoms with E-state index >= 15 is 0 Å². The Hall–Kier alpha value is -2.26. The molecule has 1 rings (SSSR count). The minimum absolute atomic E-state index is 0.220. The van der Waals surface area contributed by atoms with E-state index in [1.165, 1.54) is 25.1 Å². The van der Waals surface area contributed by atoms with Gasteiger partial charge < -0.3 is 10.5 Å². The molecular formula is C11H10ClN3O3. The summed E-state index contributed by atoms with van der Waals surface area (Å²) in [5.74, 6) is -0.353. The highest BCUT2D eigenvalue weighted by molar-refractivity contribution is 6.31. The second kappa shape index (κ2) is 5.89. The van der Waals surface area contributed by atoms with Crippen LogP contribution in [0.15, 0.2) is 18.2 Å². The van der Waals surface area contributed by atoms with Crippen LogP contribution >= 0.6 is 11.6 Å². The number of hydrogen-bond donors (Lipinski definition) is 2. The van der Waals surface area contributed by atoms with Crippen molar-refractivity contribution in [3.05, 3.63) is 28.8 Å². The normalized spacial score (nSPS) is 11.2. The van der Waals surface area contributed by atoms with Crippen LogP contribution in [0, 0.1) is 11.3 Å². The fourth-order valence-corrected chi connectivity index (χ4v) is 1.35. The highest BCUT2D eigenvalue weighted by Crippen LogP contribution is 2.22. The standard InChI is InChI=1S/C11H10ClN3O3/c1-6(10(16)15-11(14)17)18-8-3-2-7(5-13)9(12)4-8/h2-4,6H,1H3,(H3,14,15,16,17). The SMILES string of the molecule is CC(Oc1ccc(C#N)c(Cl)c1)C(=O)NC(N)=O. The van der Waals surface area contributed by atoms with Crippen LogP contribution < -0.4 is 15.8 Å². The van der Waals surface area contributed by atoms with Gasteiger partial charge >= 0.3 is 6.03 Å². The molecule has 1 aromatic rings. The molecule has 0 saturated heterocycles. The van der Waals surface area contributed by atoms with Crippen molar-refractivity contribution in [3.63, 3.8) is 0 Å². The third kappa shape index (κ3) is 3.64. The number of urea groups is 1. The first-order valence-corrected chi connectivity index (χ1v) is 5.28. The molecule has 3 N–H and O–H groups in total. The van der Waals surface area contributed by atoms with Gasteiger partial charge in [0.25, 0.3) is 5.91 Å². The Kier molecular flexibility index (Phi) is 4.52. The molecule has 0 aliphatic carbocycles. The zero-order chi connectivity index (χ0) is 13.7. The molecule has 94 valence electrons. The minimum atomic E-state index is -0.951. The van der Waals surface area contributed by atoms with E-state index in [2.05, 4.69) is 0 Å². The molecule has 7 heteroatoms. The number of benzene rings is 1. The van der Waals surface area contributed by atoms with Gasteiger partial charge in [-0.15, -0.1) is 0 Å². The maximum absolute atomic E-state index is 11.3. The first kappa shape index (κ1) is 13.8. The number of hydrogen-bond acceptors (Lipinski definition) is 4. The van der Waals surface area contributed by atoms with E-state index in [-0.39, 0.29) is 5.02 Å². The van der Waals surface area contributed by atoms with Gasteiger partial charge in [-0.05, 0) is 19.1 Å². The number of rotatable bonds is 3. The molecule has 0 saturated carbocycles. The summed E-state index contributed by atoms with van der Waals surface area (Å²) in [6.07, 6.45) is -0.915. The molecular weight excluding hydrogens is 258 g/mol. The van der Waals surface area contributed by atoms with Gasteiger partial charge in [0.05, 0.1) is 10.6 Å². The third-order valence-electron chi connectivity index (χ3n) is 1.99. The van der Waals surface area contributed by atoms with Crippen LogP contribution in [0.4, 0.5) is 4.79 Å². The number of imide groups is 1. The number of nitrogens with one attached hydrogen (secondary N) is 1. The summed E-state index contributed by atoms with van der Waals surface area (Å²) >= 11 is 5.80. The van der Waals surface area contributed by atoms with Crippen molar-refractivity contribution in [3.8, 4) is 11.8 Å². The molecule has 0 aliphatic rings. The summed E-state index contributed by atoms with van der Waals surface area (Å²) in [5, 5.41) is 10.8. The van der Waals surface area contributed by atoms with Gasteiger partial charge in [-0.1, -0.05) is 11.6 Å². The van der Waals surface area contributed by atoms with Crippen molar-refractivity contribution >= 4 is 23.5 Å². The van der Waals surface area contributed by atoms with E-state index < -0.39 is 18.0 Å².